The van der Waals surface area contributed by atoms with E-state index in [1.807, 2.05) is 44.2 Å². The van der Waals surface area contributed by atoms with Gasteiger partial charge in [-0.2, -0.15) is 4.99 Å². The van der Waals surface area contributed by atoms with Crippen molar-refractivity contribution < 1.29 is 9.59 Å². The Morgan fingerprint density at radius 1 is 1.17 bits per heavy atom. The molecule has 3 rings (SSSR count). The van der Waals surface area contributed by atoms with E-state index < -0.39 is 11.9 Å². The first-order chi connectivity index (χ1) is 13.8. The van der Waals surface area contributed by atoms with E-state index in [1.165, 1.54) is 0 Å². The van der Waals surface area contributed by atoms with Crippen LogP contribution in [0, 0.1) is 13.8 Å². The van der Waals surface area contributed by atoms with E-state index in [4.69, 9.17) is 17.3 Å². The van der Waals surface area contributed by atoms with Crippen molar-refractivity contribution in [2.45, 2.75) is 26.3 Å². The maximum atomic E-state index is 12.3. The van der Waals surface area contributed by atoms with Crippen LogP contribution in [0.25, 0.3) is 0 Å². The standard InChI is InChI=1S/C20H21ClN6O2/c1-11-3-6-13(7-4-11)23-19(22)27-20-25-16(18(29)26-20)10-17(28)24-15-8-5-12(2)9-14(15)21/h3-9,16H,10H2,1-2H3,(H,24,28)(H4,22,23,25,26,27,29). The third kappa shape index (κ3) is 5.55. The van der Waals surface area contributed by atoms with Crippen LogP contribution in [-0.2, 0) is 9.59 Å². The largest absolute Gasteiger partial charge is 0.369 e. The summed E-state index contributed by atoms with van der Waals surface area (Å²) in [6.07, 6.45) is -0.139. The van der Waals surface area contributed by atoms with Gasteiger partial charge in [0.1, 0.15) is 6.04 Å². The summed E-state index contributed by atoms with van der Waals surface area (Å²) in [4.78, 5) is 32.6. The average molecular weight is 413 g/mol. The quantitative estimate of drug-likeness (QED) is 0.455. The Hall–Kier alpha value is -3.39. The molecular weight excluding hydrogens is 392 g/mol. The minimum atomic E-state index is -0.884. The molecule has 0 spiro atoms. The zero-order chi connectivity index (χ0) is 21.0. The lowest BCUT2D eigenvalue weighted by molar-refractivity contribution is -0.123. The summed E-state index contributed by atoms with van der Waals surface area (Å²) in [6.45, 7) is 3.88. The topological polar surface area (TPSA) is 121 Å². The lowest BCUT2D eigenvalue weighted by Crippen LogP contribution is -2.32. The number of hydrogen-bond donors (Lipinski definition) is 4. The number of amides is 2. The van der Waals surface area contributed by atoms with Crippen molar-refractivity contribution >= 4 is 46.7 Å². The maximum absolute atomic E-state index is 12.3. The minimum absolute atomic E-state index is 0.0540. The van der Waals surface area contributed by atoms with Crippen molar-refractivity contribution in [3.63, 3.8) is 0 Å². The monoisotopic (exact) mass is 412 g/mol. The number of aryl methyl sites for hydroxylation is 2. The number of halogens is 1. The van der Waals surface area contributed by atoms with Gasteiger partial charge in [0.2, 0.25) is 17.8 Å². The van der Waals surface area contributed by atoms with Crippen molar-refractivity contribution in [3.05, 3.63) is 58.6 Å². The van der Waals surface area contributed by atoms with Gasteiger partial charge in [-0.15, -0.1) is 0 Å². The molecule has 1 unspecified atom stereocenters. The molecule has 0 saturated carbocycles. The van der Waals surface area contributed by atoms with Gasteiger partial charge >= 0.3 is 0 Å². The summed E-state index contributed by atoms with van der Waals surface area (Å²) < 4.78 is 0. The summed E-state index contributed by atoms with van der Waals surface area (Å²) in [5, 5.41) is 8.54. The van der Waals surface area contributed by atoms with Crippen LogP contribution in [0.4, 0.5) is 11.4 Å². The van der Waals surface area contributed by atoms with Crippen molar-refractivity contribution in [3.8, 4) is 0 Å². The number of hydrogen-bond acceptors (Lipinski definition) is 4. The third-order valence-electron chi connectivity index (χ3n) is 4.14. The second kappa shape index (κ2) is 8.74. The molecule has 1 atom stereocenters. The lowest BCUT2D eigenvalue weighted by atomic mass is 10.2. The Morgan fingerprint density at radius 3 is 2.55 bits per heavy atom. The number of nitrogens with two attached hydrogens (primary N) is 1. The summed E-state index contributed by atoms with van der Waals surface area (Å²) in [5.74, 6) is -0.671. The van der Waals surface area contributed by atoms with Gasteiger partial charge in [-0.25, -0.2) is 4.99 Å². The fraction of sp³-hybridized carbons (Fsp3) is 0.200. The van der Waals surface area contributed by atoms with E-state index in [0.29, 0.717) is 10.7 Å². The molecule has 0 radical (unpaired) electrons. The molecule has 1 aliphatic heterocycles. The first kappa shape index (κ1) is 20.3. The van der Waals surface area contributed by atoms with Gasteiger partial charge < -0.3 is 16.4 Å². The van der Waals surface area contributed by atoms with Gasteiger partial charge in [-0.1, -0.05) is 35.4 Å². The fourth-order valence-corrected chi connectivity index (χ4v) is 2.93. The van der Waals surface area contributed by atoms with E-state index in [2.05, 4.69) is 25.9 Å². The van der Waals surface area contributed by atoms with Gasteiger partial charge in [0.25, 0.3) is 5.91 Å². The zero-order valence-electron chi connectivity index (χ0n) is 16.0. The molecule has 29 heavy (non-hydrogen) atoms. The molecule has 5 N–H and O–H groups in total. The molecule has 2 amide bonds. The first-order valence-electron chi connectivity index (χ1n) is 8.92. The van der Waals surface area contributed by atoms with E-state index in [9.17, 15) is 9.59 Å². The number of nitrogens with zero attached hydrogens (tertiary/aromatic N) is 2. The minimum Gasteiger partial charge on any atom is -0.369 e. The lowest BCUT2D eigenvalue weighted by Gasteiger charge is -2.09. The molecule has 0 aliphatic carbocycles. The second-order valence-electron chi connectivity index (χ2n) is 6.68. The molecule has 1 heterocycles. The SMILES string of the molecule is Cc1ccc(N/C(N)=N/C2=NC(CC(=O)Nc3ccc(C)cc3Cl)C(=O)N2)cc1. The molecule has 2 aromatic rings. The van der Waals surface area contributed by atoms with Crippen LogP contribution in [0.3, 0.4) is 0 Å². The highest BCUT2D eigenvalue weighted by Crippen LogP contribution is 2.23. The first-order valence-corrected chi connectivity index (χ1v) is 9.30. The molecule has 0 fully saturated rings. The van der Waals surface area contributed by atoms with Crippen LogP contribution in [0.15, 0.2) is 52.4 Å². The Labute approximate surface area is 173 Å². The highest BCUT2D eigenvalue weighted by atomic mass is 35.5. The molecule has 9 heteroatoms. The van der Waals surface area contributed by atoms with Crippen LogP contribution in [0.1, 0.15) is 17.5 Å². The molecule has 0 bridgehead atoms. The Kier molecular flexibility index (Phi) is 6.13. The fourth-order valence-electron chi connectivity index (χ4n) is 2.65. The van der Waals surface area contributed by atoms with Crippen molar-refractivity contribution in [1.29, 1.82) is 0 Å². The molecule has 8 nitrogen and oxygen atoms in total. The molecule has 2 aromatic carbocycles. The molecule has 150 valence electrons. The molecule has 0 saturated heterocycles. The molecular formula is C20H21ClN6O2. The predicted octanol–water partition coefficient (Wildman–Crippen LogP) is 2.57. The van der Waals surface area contributed by atoms with Gasteiger partial charge in [-0.3, -0.25) is 14.9 Å². The van der Waals surface area contributed by atoms with Gasteiger partial charge in [-0.05, 0) is 43.7 Å². The Morgan fingerprint density at radius 2 is 1.86 bits per heavy atom. The summed E-state index contributed by atoms with van der Waals surface area (Å²) in [6, 6.07) is 12.0. The highest BCUT2D eigenvalue weighted by Gasteiger charge is 2.28. The smallest absolute Gasteiger partial charge is 0.252 e. The Balaban J connectivity index is 1.61. The van der Waals surface area contributed by atoms with Gasteiger partial charge in [0.15, 0.2) is 0 Å². The van der Waals surface area contributed by atoms with E-state index in [-0.39, 0.29) is 24.2 Å². The van der Waals surface area contributed by atoms with Crippen LogP contribution in [-0.4, -0.2) is 29.8 Å². The van der Waals surface area contributed by atoms with Gasteiger partial charge in [0, 0.05) is 5.69 Å². The van der Waals surface area contributed by atoms with Gasteiger partial charge in [0.05, 0.1) is 17.1 Å². The number of aliphatic imine (C=N–C) groups is 2. The summed E-state index contributed by atoms with van der Waals surface area (Å²) in [7, 11) is 0. The average Bonchev–Trinajstić information content (AvgIpc) is 2.98. The van der Waals surface area contributed by atoms with Crippen LogP contribution in [0.5, 0.6) is 0 Å². The van der Waals surface area contributed by atoms with Crippen LogP contribution < -0.4 is 21.7 Å². The second-order valence-corrected chi connectivity index (χ2v) is 7.09. The number of rotatable bonds is 4. The summed E-state index contributed by atoms with van der Waals surface area (Å²) in [5.41, 5.74) is 9.19. The Bertz CT molecular complexity index is 1000. The van der Waals surface area contributed by atoms with Crippen molar-refractivity contribution in [2.75, 3.05) is 10.6 Å². The van der Waals surface area contributed by atoms with Crippen LogP contribution >= 0.6 is 11.6 Å². The van der Waals surface area contributed by atoms with Crippen molar-refractivity contribution in [2.24, 2.45) is 15.7 Å². The van der Waals surface area contributed by atoms with Crippen LogP contribution in [0.2, 0.25) is 5.02 Å². The third-order valence-corrected chi connectivity index (χ3v) is 4.46. The normalized spacial score (nSPS) is 16.2. The van der Waals surface area contributed by atoms with E-state index >= 15 is 0 Å². The highest BCUT2D eigenvalue weighted by molar-refractivity contribution is 6.33. The number of carbonyl (C=O) groups excluding carboxylic acids is 2. The number of anilines is 2. The zero-order valence-corrected chi connectivity index (χ0v) is 16.7. The maximum Gasteiger partial charge on any atom is 0.252 e. The predicted molar refractivity (Wildman–Crippen MR) is 115 cm³/mol. The van der Waals surface area contributed by atoms with E-state index in [0.717, 1.165) is 16.8 Å². The summed E-state index contributed by atoms with van der Waals surface area (Å²) >= 11 is 6.11. The number of benzene rings is 2. The number of nitrogens with one attached hydrogen (secondary N) is 3. The van der Waals surface area contributed by atoms with Crippen molar-refractivity contribution in [1.82, 2.24) is 5.32 Å². The molecule has 0 aromatic heterocycles. The number of guanidine groups is 2. The number of carbonyl (C=O) groups is 2. The molecule has 1 aliphatic rings. The van der Waals surface area contributed by atoms with E-state index in [1.54, 1.807) is 12.1 Å².